The van der Waals surface area contributed by atoms with Gasteiger partial charge in [0, 0.05) is 6.54 Å². The lowest BCUT2D eigenvalue weighted by atomic mass is 9.93. The number of quaternary nitrogens is 1. The van der Waals surface area contributed by atoms with Crippen molar-refractivity contribution in [1.82, 2.24) is 5.32 Å². The number of hydrogen-bond acceptors (Lipinski definition) is 1. The summed E-state index contributed by atoms with van der Waals surface area (Å²) in [7, 11) is 0. The van der Waals surface area contributed by atoms with Crippen molar-refractivity contribution >= 4 is 0 Å². The molecule has 0 saturated carbocycles. The molecular formula is C14H31N2+. The van der Waals surface area contributed by atoms with E-state index in [-0.39, 0.29) is 0 Å². The maximum atomic E-state index is 3.57. The minimum absolute atomic E-state index is 0.419. The summed E-state index contributed by atoms with van der Waals surface area (Å²) in [5.74, 6) is 0. The van der Waals surface area contributed by atoms with Gasteiger partial charge in [-0.05, 0) is 26.7 Å². The van der Waals surface area contributed by atoms with Gasteiger partial charge in [0.25, 0.3) is 0 Å². The summed E-state index contributed by atoms with van der Waals surface area (Å²) in [6.07, 6.45) is 5.42. The van der Waals surface area contributed by atoms with Gasteiger partial charge in [0.1, 0.15) is 5.54 Å². The highest BCUT2D eigenvalue weighted by Crippen LogP contribution is 2.28. The standard InChI is InChI=1S/C14H31N2/c1-5-7-10-16(11-8-6-2)12-9-15-13-14(16,3)4/h15H,5-13H2,1-4H3/q+1. The Morgan fingerprint density at radius 2 is 1.62 bits per heavy atom. The van der Waals surface area contributed by atoms with E-state index in [0.29, 0.717) is 5.54 Å². The highest BCUT2D eigenvalue weighted by Gasteiger charge is 2.44. The van der Waals surface area contributed by atoms with Crippen LogP contribution in [-0.4, -0.2) is 42.7 Å². The van der Waals surface area contributed by atoms with Crippen molar-refractivity contribution in [3.05, 3.63) is 0 Å². The fourth-order valence-electron chi connectivity index (χ4n) is 3.02. The quantitative estimate of drug-likeness (QED) is 0.688. The van der Waals surface area contributed by atoms with Crippen LogP contribution in [0.15, 0.2) is 0 Å². The molecule has 1 N–H and O–H groups in total. The van der Waals surface area contributed by atoms with Crippen LogP contribution < -0.4 is 5.32 Å². The van der Waals surface area contributed by atoms with Crippen LogP contribution in [0.25, 0.3) is 0 Å². The molecule has 1 fully saturated rings. The topological polar surface area (TPSA) is 12.0 Å². The molecule has 0 spiro atoms. The SMILES string of the molecule is CCCC[N+]1(CCCC)CCNCC1(C)C. The first-order valence-corrected chi connectivity index (χ1v) is 7.15. The monoisotopic (exact) mass is 227 g/mol. The molecule has 1 rings (SSSR count). The molecule has 0 aromatic rings. The largest absolute Gasteiger partial charge is 0.317 e. The van der Waals surface area contributed by atoms with E-state index in [1.807, 2.05) is 0 Å². The van der Waals surface area contributed by atoms with Gasteiger partial charge in [-0.3, -0.25) is 0 Å². The Morgan fingerprint density at radius 3 is 2.06 bits per heavy atom. The summed E-state index contributed by atoms with van der Waals surface area (Å²) in [6.45, 7) is 16.0. The maximum Gasteiger partial charge on any atom is 0.106 e. The van der Waals surface area contributed by atoms with Gasteiger partial charge in [-0.1, -0.05) is 26.7 Å². The van der Waals surface area contributed by atoms with Crippen LogP contribution in [0, 0.1) is 0 Å². The predicted octanol–water partition coefficient (Wildman–Crippen LogP) is 2.79. The minimum Gasteiger partial charge on any atom is -0.317 e. The molecule has 0 bridgehead atoms. The van der Waals surface area contributed by atoms with E-state index in [4.69, 9.17) is 0 Å². The second-order valence-electron chi connectivity index (χ2n) is 6.01. The lowest BCUT2D eigenvalue weighted by Crippen LogP contribution is -2.71. The molecule has 1 aliphatic heterocycles. The minimum atomic E-state index is 0.419. The molecule has 0 aromatic heterocycles. The van der Waals surface area contributed by atoms with Crippen LogP contribution in [0.3, 0.4) is 0 Å². The summed E-state index contributed by atoms with van der Waals surface area (Å²) >= 11 is 0. The normalized spacial score (nSPS) is 23.2. The Morgan fingerprint density at radius 1 is 1.06 bits per heavy atom. The highest BCUT2D eigenvalue weighted by atomic mass is 15.4. The lowest BCUT2D eigenvalue weighted by Gasteiger charge is -2.53. The van der Waals surface area contributed by atoms with Crippen molar-refractivity contribution in [2.24, 2.45) is 0 Å². The third-order valence-corrected chi connectivity index (χ3v) is 4.44. The Labute approximate surface area is 102 Å². The van der Waals surface area contributed by atoms with Gasteiger partial charge in [-0.15, -0.1) is 0 Å². The van der Waals surface area contributed by atoms with Crippen LogP contribution >= 0.6 is 0 Å². The van der Waals surface area contributed by atoms with E-state index in [0.717, 1.165) is 0 Å². The number of nitrogens with zero attached hydrogens (tertiary/aromatic N) is 1. The van der Waals surface area contributed by atoms with Crippen molar-refractivity contribution in [2.45, 2.75) is 58.9 Å². The lowest BCUT2D eigenvalue weighted by molar-refractivity contribution is -0.974. The number of unbranched alkanes of at least 4 members (excludes halogenated alkanes) is 2. The van der Waals surface area contributed by atoms with E-state index in [1.165, 1.54) is 62.9 Å². The zero-order valence-corrected chi connectivity index (χ0v) is 11.8. The van der Waals surface area contributed by atoms with Crippen molar-refractivity contribution in [2.75, 3.05) is 32.7 Å². The van der Waals surface area contributed by atoms with Gasteiger partial charge in [-0.25, -0.2) is 0 Å². The molecule has 0 unspecified atom stereocenters. The zero-order chi connectivity index (χ0) is 12.1. The van der Waals surface area contributed by atoms with Crippen LogP contribution in [-0.2, 0) is 0 Å². The number of rotatable bonds is 6. The first kappa shape index (κ1) is 14.0. The van der Waals surface area contributed by atoms with E-state index in [2.05, 4.69) is 33.0 Å². The highest BCUT2D eigenvalue weighted by molar-refractivity contribution is 4.79. The zero-order valence-electron chi connectivity index (χ0n) is 11.8. The summed E-state index contributed by atoms with van der Waals surface area (Å²) in [6, 6.07) is 0. The average Bonchev–Trinajstić information content (AvgIpc) is 2.26. The van der Waals surface area contributed by atoms with E-state index in [9.17, 15) is 0 Å². The van der Waals surface area contributed by atoms with Crippen LogP contribution in [0.1, 0.15) is 53.4 Å². The number of nitrogens with one attached hydrogen (secondary N) is 1. The Bertz CT molecular complexity index is 191. The van der Waals surface area contributed by atoms with Crippen molar-refractivity contribution in [1.29, 1.82) is 0 Å². The second-order valence-corrected chi connectivity index (χ2v) is 6.01. The van der Waals surface area contributed by atoms with Gasteiger partial charge < -0.3 is 9.80 Å². The molecule has 96 valence electrons. The molecular weight excluding hydrogens is 196 g/mol. The van der Waals surface area contributed by atoms with Crippen LogP contribution in [0.5, 0.6) is 0 Å². The third-order valence-electron chi connectivity index (χ3n) is 4.44. The van der Waals surface area contributed by atoms with Crippen LogP contribution in [0.4, 0.5) is 0 Å². The first-order valence-electron chi connectivity index (χ1n) is 7.15. The van der Waals surface area contributed by atoms with Gasteiger partial charge in [-0.2, -0.15) is 0 Å². The van der Waals surface area contributed by atoms with Crippen molar-refractivity contribution in [3.8, 4) is 0 Å². The second kappa shape index (κ2) is 6.02. The van der Waals surface area contributed by atoms with E-state index < -0.39 is 0 Å². The van der Waals surface area contributed by atoms with E-state index >= 15 is 0 Å². The smallest absolute Gasteiger partial charge is 0.106 e. The van der Waals surface area contributed by atoms with Crippen LogP contribution in [0.2, 0.25) is 0 Å². The molecule has 0 atom stereocenters. The fourth-order valence-corrected chi connectivity index (χ4v) is 3.02. The van der Waals surface area contributed by atoms with Crippen molar-refractivity contribution < 1.29 is 4.48 Å². The maximum absolute atomic E-state index is 3.57. The molecule has 16 heavy (non-hydrogen) atoms. The Kier molecular flexibility index (Phi) is 5.26. The number of piperazine rings is 1. The van der Waals surface area contributed by atoms with Gasteiger partial charge in [0.05, 0.1) is 26.2 Å². The van der Waals surface area contributed by atoms with Gasteiger partial charge in [0.15, 0.2) is 0 Å². The first-order chi connectivity index (χ1) is 7.58. The summed E-state index contributed by atoms with van der Waals surface area (Å²) in [4.78, 5) is 0. The summed E-state index contributed by atoms with van der Waals surface area (Å²) < 4.78 is 1.35. The molecule has 0 aromatic carbocycles. The predicted molar refractivity (Wildman–Crippen MR) is 71.6 cm³/mol. The summed E-state index contributed by atoms with van der Waals surface area (Å²) in [5, 5.41) is 3.57. The molecule has 1 aliphatic rings. The Hall–Kier alpha value is -0.0800. The van der Waals surface area contributed by atoms with Gasteiger partial charge in [0.2, 0.25) is 0 Å². The molecule has 0 radical (unpaired) electrons. The molecule has 1 heterocycles. The third kappa shape index (κ3) is 2.98. The van der Waals surface area contributed by atoms with Gasteiger partial charge >= 0.3 is 0 Å². The molecule has 0 aliphatic carbocycles. The molecule has 1 saturated heterocycles. The average molecular weight is 227 g/mol. The van der Waals surface area contributed by atoms with E-state index in [1.54, 1.807) is 0 Å². The summed E-state index contributed by atoms with van der Waals surface area (Å²) in [5.41, 5.74) is 0.419. The molecule has 0 amide bonds. The number of hydrogen-bond donors (Lipinski definition) is 1. The van der Waals surface area contributed by atoms with Crippen molar-refractivity contribution in [3.63, 3.8) is 0 Å². The molecule has 2 heteroatoms. The Balaban J connectivity index is 2.73. The fraction of sp³-hybridized carbons (Fsp3) is 1.00. The molecule has 2 nitrogen and oxygen atoms in total.